The molecular weight excluding hydrogens is 250 g/mol. The van der Waals surface area contributed by atoms with Crippen LogP contribution >= 0.6 is 0 Å². The van der Waals surface area contributed by atoms with Crippen LogP contribution in [-0.4, -0.2) is 30.4 Å². The Labute approximate surface area is 121 Å². The van der Waals surface area contributed by atoms with Crippen LogP contribution < -0.4 is 11.1 Å². The van der Waals surface area contributed by atoms with Gasteiger partial charge in [-0.25, -0.2) is 0 Å². The lowest BCUT2D eigenvalue weighted by molar-refractivity contribution is -0.116. The van der Waals surface area contributed by atoms with Crippen LogP contribution in [0.2, 0.25) is 0 Å². The Morgan fingerprint density at radius 2 is 2.05 bits per heavy atom. The highest BCUT2D eigenvalue weighted by atomic mass is 16.1. The number of benzene rings is 1. The van der Waals surface area contributed by atoms with Crippen LogP contribution in [0.15, 0.2) is 24.3 Å². The fourth-order valence-electron chi connectivity index (χ4n) is 2.37. The maximum absolute atomic E-state index is 11.9. The molecule has 1 aromatic rings. The second-order valence-corrected chi connectivity index (χ2v) is 5.76. The molecule has 0 aliphatic heterocycles. The number of hydrogen-bond acceptors (Lipinski definition) is 3. The zero-order chi connectivity index (χ0) is 14.5. The zero-order valence-corrected chi connectivity index (χ0v) is 12.4. The maximum Gasteiger partial charge on any atom is 0.225 e. The van der Waals surface area contributed by atoms with Gasteiger partial charge in [0.15, 0.2) is 0 Å². The van der Waals surface area contributed by atoms with Crippen molar-refractivity contribution in [3.05, 3.63) is 29.8 Å². The molecule has 110 valence electrons. The first-order valence-corrected chi connectivity index (χ1v) is 7.39. The van der Waals surface area contributed by atoms with E-state index in [0.29, 0.717) is 19.0 Å². The SMILES string of the molecule is CC(C1CC1)N(C)CCC(=O)Nc1ccc(CN)cc1. The first-order valence-electron chi connectivity index (χ1n) is 7.39. The molecule has 1 fully saturated rings. The van der Waals surface area contributed by atoms with Crippen molar-refractivity contribution in [3.63, 3.8) is 0 Å². The first-order chi connectivity index (χ1) is 9.60. The number of nitrogens with one attached hydrogen (secondary N) is 1. The minimum Gasteiger partial charge on any atom is -0.326 e. The highest BCUT2D eigenvalue weighted by molar-refractivity contribution is 5.90. The number of anilines is 1. The van der Waals surface area contributed by atoms with Gasteiger partial charge in [-0.3, -0.25) is 4.79 Å². The van der Waals surface area contributed by atoms with Crippen LogP contribution in [0.5, 0.6) is 0 Å². The van der Waals surface area contributed by atoms with Gasteiger partial charge in [0.25, 0.3) is 0 Å². The monoisotopic (exact) mass is 275 g/mol. The minimum absolute atomic E-state index is 0.0698. The Bertz CT molecular complexity index is 440. The van der Waals surface area contributed by atoms with Gasteiger partial charge >= 0.3 is 0 Å². The fourth-order valence-corrected chi connectivity index (χ4v) is 2.37. The summed E-state index contributed by atoms with van der Waals surface area (Å²) in [5.41, 5.74) is 7.46. The lowest BCUT2D eigenvalue weighted by atomic mass is 10.2. The van der Waals surface area contributed by atoms with Crippen LogP contribution in [0.25, 0.3) is 0 Å². The molecule has 4 nitrogen and oxygen atoms in total. The third kappa shape index (κ3) is 4.32. The second-order valence-electron chi connectivity index (χ2n) is 5.76. The van der Waals surface area contributed by atoms with Gasteiger partial charge in [0, 0.05) is 31.2 Å². The van der Waals surface area contributed by atoms with Crippen molar-refractivity contribution in [2.75, 3.05) is 18.9 Å². The van der Waals surface area contributed by atoms with E-state index in [9.17, 15) is 4.79 Å². The predicted octanol–water partition coefficient (Wildman–Crippen LogP) is 2.20. The Morgan fingerprint density at radius 3 is 2.60 bits per heavy atom. The van der Waals surface area contributed by atoms with E-state index < -0.39 is 0 Å². The van der Waals surface area contributed by atoms with Crippen molar-refractivity contribution in [2.24, 2.45) is 11.7 Å². The third-order valence-electron chi connectivity index (χ3n) is 4.16. The molecule has 1 amide bonds. The van der Waals surface area contributed by atoms with Crippen molar-refractivity contribution in [2.45, 2.75) is 38.8 Å². The predicted molar refractivity (Wildman–Crippen MR) is 82.4 cm³/mol. The number of rotatable bonds is 7. The number of nitrogens with zero attached hydrogens (tertiary/aromatic N) is 1. The van der Waals surface area contributed by atoms with E-state index in [1.807, 2.05) is 24.3 Å². The van der Waals surface area contributed by atoms with E-state index in [4.69, 9.17) is 5.73 Å². The Kier molecular flexibility index (Phi) is 5.15. The molecule has 1 aromatic carbocycles. The van der Waals surface area contributed by atoms with Crippen molar-refractivity contribution < 1.29 is 4.79 Å². The van der Waals surface area contributed by atoms with Gasteiger partial charge in [-0.2, -0.15) is 0 Å². The van der Waals surface area contributed by atoms with Gasteiger partial charge in [0.05, 0.1) is 0 Å². The molecule has 0 spiro atoms. The summed E-state index contributed by atoms with van der Waals surface area (Å²) in [6.07, 6.45) is 3.21. The van der Waals surface area contributed by atoms with Crippen molar-refractivity contribution in [1.29, 1.82) is 0 Å². The summed E-state index contributed by atoms with van der Waals surface area (Å²) >= 11 is 0. The summed E-state index contributed by atoms with van der Waals surface area (Å²) < 4.78 is 0. The molecule has 1 aliphatic carbocycles. The van der Waals surface area contributed by atoms with E-state index in [0.717, 1.165) is 23.7 Å². The summed E-state index contributed by atoms with van der Waals surface area (Å²) in [7, 11) is 2.10. The van der Waals surface area contributed by atoms with Gasteiger partial charge in [-0.1, -0.05) is 12.1 Å². The molecule has 0 saturated heterocycles. The molecule has 0 radical (unpaired) electrons. The quantitative estimate of drug-likeness (QED) is 0.802. The lowest BCUT2D eigenvalue weighted by Crippen LogP contribution is -2.33. The highest BCUT2D eigenvalue weighted by Crippen LogP contribution is 2.34. The number of nitrogens with two attached hydrogens (primary N) is 1. The van der Waals surface area contributed by atoms with Crippen molar-refractivity contribution in [3.8, 4) is 0 Å². The molecule has 4 heteroatoms. The molecule has 1 atom stereocenters. The van der Waals surface area contributed by atoms with Gasteiger partial charge < -0.3 is 16.0 Å². The average molecular weight is 275 g/mol. The number of amides is 1. The molecular formula is C16H25N3O. The van der Waals surface area contributed by atoms with Gasteiger partial charge in [0.1, 0.15) is 0 Å². The average Bonchev–Trinajstić information content (AvgIpc) is 3.29. The van der Waals surface area contributed by atoms with E-state index in [1.54, 1.807) is 0 Å². The first kappa shape index (κ1) is 15.0. The minimum atomic E-state index is 0.0698. The van der Waals surface area contributed by atoms with Crippen molar-refractivity contribution >= 4 is 11.6 Å². The smallest absolute Gasteiger partial charge is 0.225 e. The lowest BCUT2D eigenvalue weighted by Gasteiger charge is -2.24. The topological polar surface area (TPSA) is 58.4 Å². The van der Waals surface area contributed by atoms with Crippen LogP contribution in [0.3, 0.4) is 0 Å². The van der Waals surface area contributed by atoms with Crippen LogP contribution in [0.4, 0.5) is 5.69 Å². The molecule has 2 rings (SSSR count). The molecule has 1 saturated carbocycles. The number of carbonyl (C=O) groups excluding carboxylic acids is 1. The van der Waals surface area contributed by atoms with Gasteiger partial charge in [-0.05, 0) is 50.4 Å². The van der Waals surface area contributed by atoms with Gasteiger partial charge in [-0.15, -0.1) is 0 Å². The number of carbonyl (C=O) groups is 1. The van der Waals surface area contributed by atoms with Crippen LogP contribution in [0.1, 0.15) is 31.7 Å². The van der Waals surface area contributed by atoms with E-state index >= 15 is 0 Å². The fraction of sp³-hybridized carbons (Fsp3) is 0.562. The summed E-state index contributed by atoms with van der Waals surface area (Å²) in [6.45, 7) is 3.59. The highest BCUT2D eigenvalue weighted by Gasteiger charge is 2.30. The summed E-state index contributed by atoms with van der Waals surface area (Å²) in [5, 5.41) is 2.93. The Balaban J connectivity index is 1.73. The molecule has 20 heavy (non-hydrogen) atoms. The maximum atomic E-state index is 11.9. The normalized spacial score (nSPS) is 16.2. The van der Waals surface area contributed by atoms with Crippen molar-refractivity contribution in [1.82, 2.24) is 4.90 Å². The van der Waals surface area contributed by atoms with Crippen LogP contribution in [-0.2, 0) is 11.3 Å². The zero-order valence-electron chi connectivity index (χ0n) is 12.4. The molecule has 3 N–H and O–H groups in total. The summed E-state index contributed by atoms with van der Waals surface area (Å²) in [4.78, 5) is 14.2. The molecule has 0 bridgehead atoms. The van der Waals surface area contributed by atoms with E-state index in [-0.39, 0.29) is 5.91 Å². The summed E-state index contributed by atoms with van der Waals surface area (Å²) in [5.74, 6) is 0.909. The summed E-state index contributed by atoms with van der Waals surface area (Å²) in [6, 6.07) is 8.27. The Hall–Kier alpha value is -1.39. The largest absolute Gasteiger partial charge is 0.326 e. The van der Waals surface area contributed by atoms with E-state index in [1.165, 1.54) is 12.8 Å². The third-order valence-corrected chi connectivity index (χ3v) is 4.16. The Morgan fingerprint density at radius 1 is 1.40 bits per heavy atom. The molecule has 0 heterocycles. The number of hydrogen-bond donors (Lipinski definition) is 2. The van der Waals surface area contributed by atoms with E-state index in [2.05, 4.69) is 24.2 Å². The molecule has 1 aliphatic rings. The van der Waals surface area contributed by atoms with Crippen LogP contribution in [0, 0.1) is 5.92 Å². The second kappa shape index (κ2) is 6.86. The molecule has 1 unspecified atom stereocenters. The van der Waals surface area contributed by atoms with Gasteiger partial charge in [0.2, 0.25) is 5.91 Å². The standard InChI is InChI=1S/C16H25N3O/c1-12(14-5-6-14)19(2)10-9-16(20)18-15-7-3-13(11-17)4-8-15/h3-4,7-8,12,14H,5-6,9-11,17H2,1-2H3,(H,18,20). The molecule has 0 aromatic heterocycles.